The minimum Gasteiger partial charge on any atom is -0.373 e. The zero-order valence-electron chi connectivity index (χ0n) is 15.0. The first kappa shape index (κ1) is 18.9. The summed E-state index contributed by atoms with van der Waals surface area (Å²) in [7, 11) is 1.42. The van der Waals surface area contributed by atoms with E-state index in [1.165, 1.54) is 11.9 Å². The fraction of sp³-hybridized carbons (Fsp3) is 0.211. The third-order valence-corrected chi connectivity index (χ3v) is 4.93. The molecule has 2 N–H and O–H groups in total. The number of aromatic nitrogens is 2. The van der Waals surface area contributed by atoms with Gasteiger partial charge >= 0.3 is 0 Å². The van der Waals surface area contributed by atoms with E-state index in [1.807, 2.05) is 0 Å². The van der Waals surface area contributed by atoms with E-state index < -0.39 is 40.5 Å². The number of amides is 1. The molecule has 3 aromatic rings. The second-order valence-electron chi connectivity index (χ2n) is 6.67. The van der Waals surface area contributed by atoms with Gasteiger partial charge in [0.2, 0.25) is 0 Å². The molecule has 0 bridgehead atoms. The molecule has 1 amide bonds. The highest BCUT2D eigenvalue weighted by Crippen LogP contribution is 2.34. The number of nitrogens with zero attached hydrogens (tertiary/aromatic N) is 1. The number of carbonyl (C=O) groups is 1. The molecule has 2 aromatic heterocycles. The molecule has 7 nitrogen and oxygen atoms in total. The number of benzene rings is 1. The number of nitrogens with one attached hydrogen (secondary N) is 2. The van der Waals surface area contributed by atoms with E-state index in [2.05, 4.69) is 9.97 Å². The Kier molecular flexibility index (Phi) is 4.50. The topological polar surface area (TPSA) is 95.3 Å². The molecule has 1 aliphatic heterocycles. The fourth-order valence-corrected chi connectivity index (χ4v) is 3.47. The van der Waals surface area contributed by atoms with E-state index in [0.29, 0.717) is 11.3 Å². The van der Waals surface area contributed by atoms with Crippen LogP contribution in [0.25, 0.3) is 10.8 Å². The number of likely N-dealkylation sites (N-methyl/N-ethyl adjacent to an activating group) is 1. The number of hydrogen-bond donors (Lipinski definition) is 2. The van der Waals surface area contributed by atoms with Gasteiger partial charge in [0.15, 0.2) is 17.5 Å². The van der Waals surface area contributed by atoms with Crippen molar-refractivity contribution >= 4 is 16.7 Å². The molecule has 29 heavy (non-hydrogen) atoms. The first-order valence-electron chi connectivity index (χ1n) is 8.55. The highest BCUT2D eigenvalue weighted by molar-refractivity contribution is 5.95. The van der Waals surface area contributed by atoms with E-state index in [0.717, 1.165) is 24.4 Å². The first-order chi connectivity index (χ1) is 13.8. The number of carbonyl (C=O) groups excluding carboxylic acids is 1. The number of rotatable bonds is 2. The molecule has 150 valence electrons. The van der Waals surface area contributed by atoms with Crippen LogP contribution < -0.4 is 11.1 Å². The number of halogens is 3. The Labute approximate surface area is 160 Å². The van der Waals surface area contributed by atoms with Gasteiger partial charge in [0, 0.05) is 24.5 Å². The molecule has 1 unspecified atom stereocenters. The molecule has 0 saturated heterocycles. The monoisotopic (exact) mass is 405 g/mol. The molecule has 4 rings (SSSR count). The van der Waals surface area contributed by atoms with Gasteiger partial charge in [-0.05, 0) is 23.6 Å². The van der Waals surface area contributed by atoms with Gasteiger partial charge in [-0.15, -0.1) is 0 Å². The van der Waals surface area contributed by atoms with Gasteiger partial charge in [-0.2, -0.15) is 0 Å². The molecule has 0 spiro atoms. The maximum absolute atomic E-state index is 13.9. The minimum absolute atomic E-state index is 0.0151. The standard InChI is InChI=1S/C19H14F3N3O4/c1-25(19(28)8-2-13(22)18(27)23-5-8)15-7-29-6-14-16(15)9-3-11(20)12(21)4-10(9)17(26)24-14/h2-5,15H,6-7H2,1H3,(H,23,27)(H,24,26). The van der Waals surface area contributed by atoms with Gasteiger partial charge in [0.1, 0.15) is 0 Å². The third-order valence-electron chi connectivity index (χ3n) is 4.93. The van der Waals surface area contributed by atoms with Gasteiger partial charge in [-0.1, -0.05) is 0 Å². The van der Waals surface area contributed by atoms with Gasteiger partial charge < -0.3 is 19.6 Å². The molecule has 0 aliphatic carbocycles. The zero-order chi connectivity index (χ0) is 20.9. The smallest absolute Gasteiger partial charge is 0.283 e. The number of aromatic amines is 2. The lowest BCUT2D eigenvalue weighted by Crippen LogP contribution is -2.38. The molecule has 0 fully saturated rings. The molecular weight excluding hydrogens is 391 g/mol. The van der Waals surface area contributed by atoms with E-state index in [4.69, 9.17) is 4.74 Å². The van der Waals surface area contributed by atoms with Crippen molar-refractivity contribution in [3.05, 3.63) is 79.4 Å². The van der Waals surface area contributed by atoms with Crippen LogP contribution in [0.4, 0.5) is 13.2 Å². The summed E-state index contributed by atoms with van der Waals surface area (Å²) in [5, 5.41) is 0.0914. The van der Waals surface area contributed by atoms with E-state index in [-0.39, 0.29) is 29.5 Å². The van der Waals surface area contributed by atoms with Crippen molar-refractivity contribution in [1.29, 1.82) is 0 Å². The summed E-state index contributed by atoms with van der Waals surface area (Å²) in [5.74, 6) is -4.05. The highest BCUT2D eigenvalue weighted by Gasteiger charge is 2.31. The average molecular weight is 405 g/mol. The van der Waals surface area contributed by atoms with Crippen LogP contribution in [0.15, 0.2) is 34.0 Å². The van der Waals surface area contributed by atoms with E-state index in [1.54, 1.807) is 0 Å². The number of hydrogen-bond acceptors (Lipinski definition) is 4. The first-order valence-corrected chi connectivity index (χ1v) is 8.55. The van der Waals surface area contributed by atoms with Crippen molar-refractivity contribution < 1.29 is 22.7 Å². The number of H-pyrrole nitrogens is 2. The lowest BCUT2D eigenvalue weighted by Gasteiger charge is -2.33. The van der Waals surface area contributed by atoms with Crippen LogP contribution >= 0.6 is 0 Å². The van der Waals surface area contributed by atoms with Crippen LogP contribution in [-0.4, -0.2) is 34.4 Å². The molecule has 10 heteroatoms. The van der Waals surface area contributed by atoms with E-state index >= 15 is 0 Å². The molecule has 3 heterocycles. The second kappa shape index (κ2) is 6.89. The number of fused-ring (bicyclic) bond motifs is 3. The Balaban J connectivity index is 1.85. The van der Waals surface area contributed by atoms with Gasteiger partial charge in [0.25, 0.3) is 17.0 Å². The largest absolute Gasteiger partial charge is 0.373 e. The summed E-state index contributed by atoms with van der Waals surface area (Å²) in [6.45, 7) is 0.0343. The predicted octanol–water partition coefficient (Wildman–Crippen LogP) is 1.98. The summed E-state index contributed by atoms with van der Waals surface area (Å²) in [6, 6.07) is 1.75. The Morgan fingerprint density at radius 1 is 1.07 bits per heavy atom. The van der Waals surface area contributed by atoms with Crippen molar-refractivity contribution in [2.75, 3.05) is 13.7 Å². The molecule has 1 atom stereocenters. The van der Waals surface area contributed by atoms with Crippen LogP contribution in [0, 0.1) is 17.5 Å². The summed E-state index contributed by atoms with van der Waals surface area (Å²) in [5.41, 5.74) is -0.944. The van der Waals surface area contributed by atoms with Gasteiger partial charge in [-0.3, -0.25) is 14.4 Å². The third kappa shape index (κ3) is 3.11. The summed E-state index contributed by atoms with van der Waals surface area (Å²) in [4.78, 5) is 42.2. The van der Waals surface area contributed by atoms with Crippen LogP contribution in [0.2, 0.25) is 0 Å². The Hall–Kier alpha value is -3.40. The van der Waals surface area contributed by atoms with Crippen LogP contribution in [0.1, 0.15) is 27.7 Å². The van der Waals surface area contributed by atoms with Crippen molar-refractivity contribution in [1.82, 2.24) is 14.9 Å². The number of ether oxygens (including phenoxy) is 1. The van der Waals surface area contributed by atoms with Crippen molar-refractivity contribution in [2.45, 2.75) is 12.6 Å². The van der Waals surface area contributed by atoms with Gasteiger partial charge in [0.05, 0.1) is 30.2 Å². The molecule has 1 aromatic carbocycles. The maximum atomic E-state index is 13.9. The molecular formula is C19H14F3N3O4. The normalized spacial score (nSPS) is 15.9. The summed E-state index contributed by atoms with van der Waals surface area (Å²) >= 11 is 0. The van der Waals surface area contributed by atoms with Crippen LogP contribution in [0.5, 0.6) is 0 Å². The SMILES string of the molecule is CN(C(=O)c1c[nH]c(=O)c(F)c1)C1COCc2[nH]c(=O)c3cc(F)c(F)cc3c21. The fourth-order valence-electron chi connectivity index (χ4n) is 3.47. The van der Waals surface area contributed by atoms with Crippen molar-refractivity contribution in [2.24, 2.45) is 0 Å². The van der Waals surface area contributed by atoms with Crippen molar-refractivity contribution in [3.8, 4) is 0 Å². The van der Waals surface area contributed by atoms with Gasteiger partial charge in [-0.25, -0.2) is 13.2 Å². The minimum atomic E-state index is -1.17. The van der Waals surface area contributed by atoms with Crippen molar-refractivity contribution in [3.63, 3.8) is 0 Å². The molecule has 0 saturated carbocycles. The Morgan fingerprint density at radius 2 is 1.76 bits per heavy atom. The zero-order valence-corrected chi connectivity index (χ0v) is 15.0. The Morgan fingerprint density at radius 3 is 2.45 bits per heavy atom. The predicted molar refractivity (Wildman–Crippen MR) is 96.0 cm³/mol. The second-order valence-corrected chi connectivity index (χ2v) is 6.67. The maximum Gasteiger partial charge on any atom is 0.283 e. The van der Waals surface area contributed by atoms with Crippen LogP contribution in [-0.2, 0) is 11.3 Å². The average Bonchev–Trinajstić information content (AvgIpc) is 2.70. The molecule has 0 radical (unpaired) electrons. The lowest BCUT2D eigenvalue weighted by molar-refractivity contribution is 0.0335. The van der Waals surface area contributed by atoms with Crippen LogP contribution in [0.3, 0.4) is 0 Å². The summed E-state index contributed by atoms with van der Waals surface area (Å²) in [6.07, 6.45) is 1.08. The number of pyridine rings is 2. The molecule has 1 aliphatic rings. The quantitative estimate of drug-likeness (QED) is 0.682. The summed E-state index contributed by atoms with van der Waals surface area (Å²) < 4.78 is 46.6. The Bertz CT molecular complexity index is 1270. The highest BCUT2D eigenvalue weighted by atomic mass is 19.2. The van der Waals surface area contributed by atoms with E-state index in [9.17, 15) is 27.6 Å². The lowest BCUT2D eigenvalue weighted by atomic mass is 9.95.